The minimum Gasteiger partial charge on any atom is -0.370 e. The summed E-state index contributed by atoms with van der Waals surface area (Å²) in [6.45, 7) is 15.2. The predicted octanol–water partition coefficient (Wildman–Crippen LogP) is 4.96. The summed E-state index contributed by atoms with van der Waals surface area (Å²) in [4.78, 5) is 2.42. The third-order valence-electron chi connectivity index (χ3n) is 3.87. The van der Waals surface area contributed by atoms with Gasteiger partial charge in [0.15, 0.2) is 0 Å². The second kappa shape index (κ2) is 9.32. The van der Waals surface area contributed by atoms with Crippen LogP contribution in [0, 0.1) is 11.8 Å². The topological polar surface area (TPSA) is 15.3 Å². The zero-order chi connectivity index (χ0) is 15.8. The van der Waals surface area contributed by atoms with E-state index < -0.39 is 0 Å². The molecule has 0 saturated heterocycles. The van der Waals surface area contributed by atoms with Gasteiger partial charge in [-0.15, -0.1) is 0 Å². The normalized spacial score (nSPS) is 12.7. The smallest absolute Gasteiger partial charge is 0.0642 e. The first-order valence-corrected chi connectivity index (χ1v) is 8.60. The molecule has 0 fully saturated rings. The minimum absolute atomic E-state index is 0.662. The van der Waals surface area contributed by atoms with Gasteiger partial charge < -0.3 is 10.2 Å². The molecule has 0 aromatic heterocycles. The highest BCUT2D eigenvalue weighted by molar-refractivity contribution is 6.33. The van der Waals surface area contributed by atoms with Crippen LogP contribution in [0.2, 0.25) is 5.02 Å². The summed E-state index contributed by atoms with van der Waals surface area (Å²) in [5, 5.41) is 4.39. The first-order chi connectivity index (χ1) is 9.99. The number of anilines is 1. The number of hydrogen-bond donors (Lipinski definition) is 1. The fourth-order valence-electron chi connectivity index (χ4n) is 2.44. The molecule has 1 aromatic rings. The zero-order valence-corrected chi connectivity index (χ0v) is 15.0. The van der Waals surface area contributed by atoms with Gasteiger partial charge in [0, 0.05) is 19.6 Å². The van der Waals surface area contributed by atoms with Crippen LogP contribution in [-0.4, -0.2) is 19.6 Å². The number of hydrogen-bond acceptors (Lipinski definition) is 2. The molecule has 1 aromatic carbocycles. The average molecular weight is 311 g/mol. The fraction of sp³-hybridized carbons (Fsp3) is 0.667. The van der Waals surface area contributed by atoms with E-state index >= 15 is 0 Å². The molecule has 0 heterocycles. The molecule has 0 bridgehead atoms. The highest BCUT2D eigenvalue weighted by Crippen LogP contribution is 2.30. The van der Waals surface area contributed by atoms with E-state index in [1.165, 1.54) is 17.7 Å². The zero-order valence-electron chi connectivity index (χ0n) is 14.2. The van der Waals surface area contributed by atoms with Crippen LogP contribution in [-0.2, 0) is 6.54 Å². The quantitative estimate of drug-likeness (QED) is 0.693. The van der Waals surface area contributed by atoms with Crippen molar-refractivity contribution in [2.45, 2.75) is 47.6 Å². The Morgan fingerprint density at radius 1 is 1.19 bits per heavy atom. The van der Waals surface area contributed by atoms with Crippen molar-refractivity contribution in [2.75, 3.05) is 24.5 Å². The molecule has 1 N–H and O–H groups in total. The molecule has 0 aliphatic carbocycles. The number of halogens is 1. The van der Waals surface area contributed by atoms with E-state index in [4.69, 9.17) is 11.6 Å². The first-order valence-electron chi connectivity index (χ1n) is 8.22. The molecular formula is C18H31ClN2. The average Bonchev–Trinajstić information content (AvgIpc) is 2.45. The number of para-hydroxylation sites is 1. The standard InChI is InChI=1S/C18H31ClN2/c1-6-15(5)13-21(7-2)18-16(9-8-10-17(18)19)12-20-11-14(3)4/h8-10,14-15,20H,6-7,11-13H2,1-5H3. The van der Waals surface area contributed by atoms with Crippen molar-refractivity contribution in [3.63, 3.8) is 0 Å². The SMILES string of the molecule is CCC(C)CN(CC)c1c(Cl)cccc1CNCC(C)C. The van der Waals surface area contributed by atoms with Gasteiger partial charge in [-0.25, -0.2) is 0 Å². The molecule has 120 valence electrons. The van der Waals surface area contributed by atoms with E-state index in [-0.39, 0.29) is 0 Å². The van der Waals surface area contributed by atoms with Crippen LogP contribution in [0.4, 0.5) is 5.69 Å². The van der Waals surface area contributed by atoms with Crippen LogP contribution < -0.4 is 10.2 Å². The highest BCUT2D eigenvalue weighted by Gasteiger charge is 2.15. The molecule has 1 atom stereocenters. The van der Waals surface area contributed by atoms with Crippen molar-refractivity contribution in [3.05, 3.63) is 28.8 Å². The Labute approximate surface area is 135 Å². The summed E-state index contributed by atoms with van der Waals surface area (Å²) in [7, 11) is 0. The van der Waals surface area contributed by atoms with Crippen molar-refractivity contribution in [2.24, 2.45) is 11.8 Å². The van der Waals surface area contributed by atoms with E-state index in [1.54, 1.807) is 0 Å². The summed E-state index contributed by atoms with van der Waals surface area (Å²) in [6.07, 6.45) is 1.20. The Morgan fingerprint density at radius 3 is 2.48 bits per heavy atom. The van der Waals surface area contributed by atoms with E-state index in [0.717, 1.165) is 31.2 Å². The fourth-order valence-corrected chi connectivity index (χ4v) is 2.75. The summed E-state index contributed by atoms with van der Waals surface area (Å²) in [5.74, 6) is 1.34. The molecule has 0 aliphatic rings. The Kier molecular flexibility index (Phi) is 8.13. The Balaban J connectivity index is 2.91. The van der Waals surface area contributed by atoms with Gasteiger partial charge in [0.05, 0.1) is 10.7 Å². The lowest BCUT2D eigenvalue weighted by atomic mass is 10.1. The number of nitrogens with one attached hydrogen (secondary N) is 1. The van der Waals surface area contributed by atoms with E-state index in [2.05, 4.69) is 57.0 Å². The van der Waals surface area contributed by atoms with Crippen molar-refractivity contribution in [1.82, 2.24) is 5.32 Å². The van der Waals surface area contributed by atoms with Gasteiger partial charge in [0.25, 0.3) is 0 Å². The molecule has 2 nitrogen and oxygen atoms in total. The van der Waals surface area contributed by atoms with Gasteiger partial charge >= 0.3 is 0 Å². The number of benzene rings is 1. The molecule has 0 radical (unpaired) electrons. The van der Waals surface area contributed by atoms with Crippen molar-refractivity contribution < 1.29 is 0 Å². The van der Waals surface area contributed by atoms with Gasteiger partial charge in [-0.2, -0.15) is 0 Å². The van der Waals surface area contributed by atoms with Gasteiger partial charge in [-0.3, -0.25) is 0 Å². The van der Waals surface area contributed by atoms with Crippen LogP contribution in [0.15, 0.2) is 18.2 Å². The third-order valence-corrected chi connectivity index (χ3v) is 4.17. The van der Waals surface area contributed by atoms with Gasteiger partial charge in [0.1, 0.15) is 0 Å². The lowest BCUT2D eigenvalue weighted by Gasteiger charge is -2.29. The molecule has 0 spiro atoms. The van der Waals surface area contributed by atoms with Crippen LogP contribution in [0.1, 0.15) is 46.6 Å². The Bertz CT molecular complexity index is 418. The first kappa shape index (κ1) is 18.3. The van der Waals surface area contributed by atoms with Crippen LogP contribution in [0.5, 0.6) is 0 Å². The lowest BCUT2D eigenvalue weighted by Crippen LogP contribution is -2.30. The summed E-state index contributed by atoms with van der Waals surface area (Å²) in [6, 6.07) is 6.24. The van der Waals surface area contributed by atoms with E-state index in [9.17, 15) is 0 Å². The number of rotatable bonds is 9. The molecule has 0 saturated carbocycles. The molecule has 0 amide bonds. The van der Waals surface area contributed by atoms with Crippen molar-refractivity contribution in [3.8, 4) is 0 Å². The second-order valence-electron chi connectivity index (χ2n) is 6.32. The van der Waals surface area contributed by atoms with Crippen molar-refractivity contribution in [1.29, 1.82) is 0 Å². The maximum atomic E-state index is 6.50. The van der Waals surface area contributed by atoms with Crippen molar-refractivity contribution >= 4 is 17.3 Å². The van der Waals surface area contributed by atoms with E-state index in [1.807, 2.05) is 6.07 Å². The van der Waals surface area contributed by atoms with E-state index in [0.29, 0.717) is 11.8 Å². The van der Waals surface area contributed by atoms with Gasteiger partial charge in [0.2, 0.25) is 0 Å². The third kappa shape index (κ3) is 5.88. The summed E-state index contributed by atoms with van der Waals surface area (Å²) >= 11 is 6.50. The van der Waals surface area contributed by atoms with Crippen LogP contribution >= 0.6 is 11.6 Å². The predicted molar refractivity (Wildman–Crippen MR) is 95.3 cm³/mol. The largest absolute Gasteiger partial charge is 0.370 e. The molecule has 3 heteroatoms. The Hall–Kier alpha value is -0.730. The monoisotopic (exact) mass is 310 g/mol. The molecule has 1 rings (SSSR count). The van der Waals surface area contributed by atoms with Crippen LogP contribution in [0.3, 0.4) is 0 Å². The second-order valence-corrected chi connectivity index (χ2v) is 6.73. The molecular weight excluding hydrogens is 280 g/mol. The molecule has 1 unspecified atom stereocenters. The highest BCUT2D eigenvalue weighted by atomic mass is 35.5. The maximum Gasteiger partial charge on any atom is 0.0642 e. The summed E-state index contributed by atoms with van der Waals surface area (Å²) in [5.41, 5.74) is 2.51. The van der Waals surface area contributed by atoms with Gasteiger partial charge in [-0.1, -0.05) is 57.8 Å². The lowest BCUT2D eigenvalue weighted by molar-refractivity contribution is 0.540. The maximum absolute atomic E-state index is 6.50. The molecule has 0 aliphatic heterocycles. The van der Waals surface area contributed by atoms with Gasteiger partial charge in [-0.05, 0) is 36.9 Å². The van der Waals surface area contributed by atoms with Crippen LogP contribution in [0.25, 0.3) is 0 Å². The number of nitrogens with zero attached hydrogens (tertiary/aromatic N) is 1. The summed E-state index contributed by atoms with van der Waals surface area (Å²) < 4.78 is 0. The Morgan fingerprint density at radius 2 is 1.90 bits per heavy atom. The minimum atomic E-state index is 0.662. The molecule has 21 heavy (non-hydrogen) atoms.